The van der Waals surface area contributed by atoms with Crippen molar-refractivity contribution in [3.8, 4) is 0 Å². The highest BCUT2D eigenvalue weighted by Crippen LogP contribution is 2.77. The Bertz CT molecular complexity index is 993. The van der Waals surface area contributed by atoms with Crippen LogP contribution >= 0.6 is 11.8 Å². The van der Waals surface area contributed by atoms with E-state index in [1.165, 1.54) is 12.2 Å². The van der Waals surface area contributed by atoms with Gasteiger partial charge in [0.25, 0.3) is 0 Å². The normalized spacial score (nSPS) is 49.3. The summed E-state index contributed by atoms with van der Waals surface area (Å²) in [5.41, 5.74) is -3.03. The van der Waals surface area contributed by atoms with Gasteiger partial charge in [0.15, 0.2) is 11.4 Å². The average Bonchev–Trinajstić information content (AvgIpc) is 3.44. The van der Waals surface area contributed by atoms with Crippen LogP contribution in [-0.2, 0) is 23.9 Å². The highest BCUT2D eigenvalue weighted by atomic mass is 32.2. The largest absolute Gasteiger partial charge is 0.449 e. The molecule has 180 valence electrons. The van der Waals surface area contributed by atoms with Gasteiger partial charge in [-0.2, -0.15) is 0 Å². The number of hydrogen-bond donors (Lipinski definition) is 1. The number of epoxide rings is 1. The number of rotatable bonds is 4. The Morgan fingerprint density at radius 2 is 2.03 bits per heavy atom. The Balaban J connectivity index is 1.62. The first-order valence-corrected chi connectivity index (χ1v) is 12.8. The van der Waals surface area contributed by atoms with Gasteiger partial charge in [0.2, 0.25) is 5.12 Å². The van der Waals surface area contributed by atoms with Gasteiger partial charge in [0.05, 0.1) is 12.0 Å². The SMILES string of the molecule is CCC(=O)O[C@]1(C(=O)SCO)[C@H](C)CC2C3C[C@H](F)C4=CC(=O)C=CC4(C)[C@@]34O[C@H]4CC21C. The van der Waals surface area contributed by atoms with E-state index < -0.39 is 40.1 Å². The Kier molecular flexibility index (Phi) is 5.10. The van der Waals surface area contributed by atoms with Gasteiger partial charge in [0, 0.05) is 23.2 Å². The van der Waals surface area contributed by atoms with Crippen LogP contribution < -0.4 is 0 Å². The quantitative estimate of drug-likeness (QED) is 0.375. The Hall–Kier alpha value is -1.51. The van der Waals surface area contributed by atoms with E-state index in [-0.39, 0.29) is 47.6 Å². The Morgan fingerprint density at radius 1 is 1.30 bits per heavy atom. The number of hydrogen-bond acceptors (Lipinski definition) is 7. The molecule has 4 unspecified atom stereocenters. The minimum absolute atomic E-state index is 0.109. The zero-order valence-corrected chi connectivity index (χ0v) is 20.2. The fourth-order valence-electron chi connectivity index (χ4n) is 8.07. The first-order valence-electron chi connectivity index (χ1n) is 11.8. The van der Waals surface area contributed by atoms with Crippen LogP contribution in [0.25, 0.3) is 0 Å². The number of allylic oxidation sites excluding steroid dienone is 2. The standard InChI is InChI=1S/C25H31FO6S/c1-5-20(29)32-24(21(30)33-12-27)13(2)8-15-16-10-18(26)17-9-14(28)6-7-22(17,3)25(16)19(31-25)11-23(15,24)4/h6-7,9,13,15-16,18-19,27H,5,8,10-12H2,1-4H3/t13-,15?,16?,18+,19+,22?,23?,24+,25-/m1/s1. The van der Waals surface area contributed by atoms with Gasteiger partial charge in [-0.15, -0.1) is 0 Å². The lowest BCUT2D eigenvalue weighted by Gasteiger charge is -2.56. The molecule has 1 aliphatic heterocycles. The Morgan fingerprint density at radius 3 is 2.70 bits per heavy atom. The number of ether oxygens (including phenoxy) is 2. The molecule has 4 fully saturated rings. The third-order valence-corrected chi connectivity index (χ3v) is 10.2. The van der Waals surface area contributed by atoms with Gasteiger partial charge in [-0.25, -0.2) is 4.39 Å². The van der Waals surface area contributed by atoms with Crippen molar-refractivity contribution in [1.82, 2.24) is 0 Å². The van der Waals surface area contributed by atoms with E-state index in [2.05, 4.69) is 0 Å². The monoisotopic (exact) mass is 478 g/mol. The molecule has 0 aromatic carbocycles. The van der Waals surface area contributed by atoms with Crippen LogP contribution in [0.2, 0.25) is 0 Å². The molecule has 0 bridgehead atoms. The van der Waals surface area contributed by atoms with Gasteiger partial charge in [-0.05, 0) is 55.7 Å². The van der Waals surface area contributed by atoms with E-state index in [0.717, 1.165) is 11.8 Å². The zero-order chi connectivity index (χ0) is 24.0. The molecule has 1 heterocycles. The summed E-state index contributed by atoms with van der Waals surface area (Å²) in [5.74, 6) is -1.64. The number of esters is 1. The fraction of sp³-hybridized carbons (Fsp3) is 0.720. The van der Waals surface area contributed by atoms with Crippen molar-refractivity contribution in [3.05, 3.63) is 23.8 Å². The van der Waals surface area contributed by atoms with Crippen LogP contribution in [0.15, 0.2) is 23.8 Å². The predicted molar refractivity (Wildman–Crippen MR) is 120 cm³/mol. The maximum atomic E-state index is 15.6. The lowest BCUT2D eigenvalue weighted by Crippen LogP contribution is -2.63. The first-order chi connectivity index (χ1) is 15.5. The number of halogens is 1. The number of carbonyl (C=O) groups excluding carboxylic acids is 3. The number of aliphatic hydroxyl groups excluding tert-OH is 1. The van der Waals surface area contributed by atoms with Crippen LogP contribution in [0, 0.1) is 28.6 Å². The topological polar surface area (TPSA) is 93.2 Å². The summed E-state index contributed by atoms with van der Waals surface area (Å²) in [6, 6.07) is 0. The summed E-state index contributed by atoms with van der Waals surface area (Å²) in [6.45, 7) is 7.55. The van der Waals surface area contributed by atoms with E-state index in [4.69, 9.17) is 9.47 Å². The molecule has 3 saturated carbocycles. The van der Waals surface area contributed by atoms with Gasteiger partial charge < -0.3 is 14.6 Å². The highest BCUT2D eigenvalue weighted by Gasteiger charge is 2.83. The van der Waals surface area contributed by atoms with E-state index in [1.807, 2.05) is 26.8 Å². The van der Waals surface area contributed by atoms with Crippen LogP contribution in [0.4, 0.5) is 4.39 Å². The number of thioether (sulfide) groups is 1. The van der Waals surface area contributed by atoms with Gasteiger partial charge >= 0.3 is 5.97 Å². The summed E-state index contributed by atoms with van der Waals surface area (Å²) < 4.78 is 28.1. The second-order valence-electron chi connectivity index (χ2n) is 10.7. The van der Waals surface area contributed by atoms with Crippen molar-refractivity contribution in [2.24, 2.45) is 28.6 Å². The smallest absolute Gasteiger partial charge is 0.306 e. The van der Waals surface area contributed by atoms with Crippen LogP contribution in [-0.4, -0.2) is 51.4 Å². The summed E-state index contributed by atoms with van der Waals surface area (Å²) in [4.78, 5) is 38.1. The van der Waals surface area contributed by atoms with Gasteiger partial charge in [0.1, 0.15) is 11.8 Å². The van der Waals surface area contributed by atoms with Crippen molar-refractivity contribution >= 4 is 28.6 Å². The molecule has 33 heavy (non-hydrogen) atoms. The molecule has 1 N–H and O–H groups in total. The molecule has 5 rings (SSSR count). The maximum absolute atomic E-state index is 15.6. The van der Waals surface area contributed by atoms with E-state index in [1.54, 1.807) is 6.92 Å². The Labute approximate surface area is 197 Å². The zero-order valence-electron chi connectivity index (χ0n) is 19.4. The molecule has 9 atom stereocenters. The second kappa shape index (κ2) is 7.25. The summed E-state index contributed by atoms with van der Waals surface area (Å²) in [7, 11) is 0. The summed E-state index contributed by atoms with van der Waals surface area (Å²) >= 11 is 0.765. The van der Waals surface area contributed by atoms with Crippen molar-refractivity contribution in [3.63, 3.8) is 0 Å². The molecular weight excluding hydrogens is 447 g/mol. The number of ketones is 1. The third kappa shape index (κ3) is 2.66. The second-order valence-corrected chi connectivity index (χ2v) is 11.7. The summed E-state index contributed by atoms with van der Waals surface area (Å²) in [5, 5.41) is 9.17. The molecule has 0 radical (unpaired) electrons. The minimum atomic E-state index is -1.41. The van der Waals surface area contributed by atoms with Crippen LogP contribution in [0.1, 0.15) is 53.4 Å². The van der Waals surface area contributed by atoms with Crippen LogP contribution in [0.5, 0.6) is 0 Å². The van der Waals surface area contributed by atoms with Crippen molar-refractivity contribution in [2.75, 3.05) is 5.94 Å². The minimum Gasteiger partial charge on any atom is -0.449 e. The van der Waals surface area contributed by atoms with Crippen molar-refractivity contribution in [1.29, 1.82) is 0 Å². The van der Waals surface area contributed by atoms with E-state index in [9.17, 15) is 19.5 Å². The molecule has 0 amide bonds. The van der Waals surface area contributed by atoms with Gasteiger partial charge in [-0.1, -0.05) is 38.6 Å². The molecule has 8 heteroatoms. The molecule has 1 spiro atoms. The number of fused-ring (bicyclic) bond motifs is 3. The van der Waals surface area contributed by atoms with Crippen molar-refractivity contribution < 1.29 is 33.4 Å². The van der Waals surface area contributed by atoms with Gasteiger partial charge in [-0.3, -0.25) is 14.4 Å². The molecule has 6 nitrogen and oxygen atoms in total. The molecular formula is C25H31FO6S. The fourth-order valence-corrected chi connectivity index (χ4v) is 8.88. The molecule has 0 aromatic heterocycles. The third-order valence-electron chi connectivity index (χ3n) is 9.52. The highest BCUT2D eigenvalue weighted by molar-refractivity contribution is 8.13. The average molecular weight is 479 g/mol. The molecule has 0 aromatic rings. The maximum Gasteiger partial charge on any atom is 0.306 e. The molecule has 1 saturated heterocycles. The molecule has 4 aliphatic carbocycles. The first kappa shape index (κ1) is 23.2. The van der Waals surface area contributed by atoms with E-state index in [0.29, 0.717) is 18.4 Å². The number of aliphatic hydroxyl groups is 1. The lowest BCUT2D eigenvalue weighted by molar-refractivity contribution is -0.187. The summed E-state index contributed by atoms with van der Waals surface area (Å²) in [6.07, 6.45) is 4.66. The lowest BCUT2D eigenvalue weighted by atomic mass is 9.46. The van der Waals surface area contributed by atoms with Crippen molar-refractivity contribution in [2.45, 2.75) is 76.9 Å². The van der Waals surface area contributed by atoms with Crippen LogP contribution in [0.3, 0.4) is 0 Å². The molecule has 5 aliphatic rings. The number of alkyl halides is 1. The predicted octanol–water partition coefficient (Wildman–Crippen LogP) is 3.52. The number of carbonyl (C=O) groups is 3. The van der Waals surface area contributed by atoms with E-state index >= 15 is 4.39 Å².